The molecule has 0 saturated heterocycles. The molecule has 0 unspecified atom stereocenters. The van der Waals surface area contributed by atoms with Crippen molar-refractivity contribution in [2.45, 2.75) is 6.42 Å². The van der Waals surface area contributed by atoms with Crippen LogP contribution in [0.25, 0.3) is 0 Å². The van der Waals surface area contributed by atoms with Crippen LogP contribution in [0.1, 0.15) is 16.8 Å². The van der Waals surface area contributed by atoms with Crippen LogP contribution in [0.4, 0.5) is 0 Å². The van der Waals surface area contributed by atoms with Crippen LogP contribution >= 0.6 is 11.6 Å². The number of carbonyl (C=O) groups excluding carboxylic acids is 2. The summed E-state index contributed by atoms with van der Waals surface area (Å²) in [5.74, 6) is -3.28. The summed E-state index contributed by atoms with van der Waals surface area (Å²) in [6.07, 6.45) is -0.643. The van der Waals surface area contributed by atoms with Crippen molar-refractivity contribution >= 4 is 29.1 Å². The molecule has 0 aliphatic rings. The summed E-state index contributed by atoms with van der Waals surface area (Å²) in [5.41, 5.74) is 0.233. The minimum absolute atomic E-state index is 0.233. The van der Waals surface area contributed by atoms with Crippen molar-refractivity contribution in [3.8, 4) is 0 Å². The van der Waals surface area contributed by atoms with Gasteiger partial charge in [-0.15, -0.1) is 0 Å². The number of hydrogen-bond donors (Lipinski definition) is 1. The van der Waals surface area contributed by atoms with Crippen molar-refractivity contribution in [1.29, 1.82) is 0 Å². The van der Waals surface area contributed by atoms with Crippen molar-refractivity contribution < 1.29 is 19.5 Å². The van der Waals surface area contributed by atoms with Crippen LogP contribution in [0.2, 0.25) is 5.02 Å². The van der Waals surface area contributed by atoms with Crippen LogP contribution < -0.4 is 0 Å². The average Bonchev–Trinajstić information content (AvgIpc) is 2.17. The largest absolute Gasteiger partial charge is 0.475 e. The van der Waals surface area contributed by atoms with Gasteiger partial charge in [-0.3, -0.25) is 9.59 Å². The van der Waals surface area contributed by atoms with E-state index in [1.165, 1.54) is 12.1 Å². The molecule has 0 aliphatic heterocycles. The van der Waals surface area contributed by atoms with Crippen molar-refractivity contribution in [1.82, 2.24) is 0 Å². The van der Waals surface area contributed by atoms with Gasteiger partial charge in [0.05, 0.1) is 6.42 Å². The van der Waals surface area contributed by atoms with Gasteiger partial charge in [0.1, 0.15) is 0 Å². The van der Waals surface area contributed by atoms with E-state index >= 15 is 0 Å². The molecule has 0 atom stereocenters. The minimum atomic E-state index is -1.61. The molecule has 0 radical (unpaired) electrons. The number of aliphatic carboxylic acids is 1. The van der Waals surface area contributed by atoms with Crippen LogP contribution in [0, 0.1) is 0 Å². The fourth-order valence-electron chi connectivity index (χ4n) is 0.985. The van der Waals surface area contributed by atoms with E-state index in [4.69, 9.17) is 16.7 Å². The van der Waals surface area contributed by atoms with E-state index in [-0.39, 0.29) is 5.56 Å². The Balaban J connectivity index is 2.78. The maximum atomic E-state index is 11.4. The highest BCUT2D eigenvalue weighted by molar-refractivity contribution is 6.37. The smallest absolute Gasteiger partial charge is 0.372 e. The van der Waals surface area contributed by atoms with E-state index < -0.39 is 24.0 Å². The van der Waals surface area contributed by atoms with E-state index in [9.17, 15) is 14.4 Å². The Morgan fingerprint density at radius 2 is 1.93 bits per heavy atom. The van der Waals surface area contributed by atoms with Crippen LogP contribution in [0.5, 0.6) is 0 Å². The summed E-state index contributed by atoms with van der Waals surface area (Å²) in [4.78, 5) is 32.3. The number of benzene rings is 1. The number of carboxylic acid groups (broad SMARTS) is 1. The maximum absolute atomic E-state index is 11.4. The van der Waals surface area contributed by atoms with Gasteiger partial charge >= 0.3 is 5.97 Å². The zero-order chi connectivity index (χ0) is 11.4. The van der Waals surface area contributed by atoms with Gasteiger partial charge in [0.15, 0.2) is 5.78 Å². The lowest BCUT2D eigenvalue weighted by atomic mass is 10.1. The second kappa shape index (κ2) is 4.70. The number of carboxylic acids is 1. The molecule has 1 aromatic rings. The first-order valence-electron chi connectivity index (χ1n) is 4.05. The Bertz CT molecular complexity index is 425. The standard InChI is InChI=1S/C10H7ClO4/c11-7-3-1-2-6(4-7)8(12)5-9(13)10(14)15/h1-4H,5H2,(H,14,15). The number of carbonyl (C=O) groups is 3. The molecule has 0 amide bonds. The molecule has 0 aromatic heterocycles. The Hall–Kier alpha value is -1.68. The van der Waals surface area contributed by atoms with Gasteiger partial charge in [0.2, 0.25) is 5.78 Å². The second-order valence-electron chi connectivity index (χ2n) is 2.84. The molecule has 1 aromatic carbocycles. The Morgan fingerprint density at radius 3 is 2.47 bits per heavy atom. The summed E-state index contributed by atoms with van der Waals surface area (Å²) in [7, 11) is 0. The molecular formula is C10H7ClO4. The molecule has 0 bridgehead atoms. The quantitative estimate of drug-likeness (QED) is 0.481. The van der Waals surface area contributed by atoms with Gasteiger partial charge < -0.3 is 5.11 Å². The van der Waals surface area contributed by atoms with Gasteiger partial charge in [-0.2, -0.15) is 0 Å². The molecule has 0 heterocycles. The number of ketones is 2. The molecule has 0 spiro atoms. The predicted octanol–water partition coefficient (Wildman–Crippen LogP) is 1.57. The average molecular weight is 227 g/mol. The lowest BCUT2D eigenvalue weighted by Crippen LogP contribution is -2.17. The van der Waals surface area contributed by atoms with Crippen molar-refractivity contribution in [2.24, 2.45) is 0 Å². The van der Waals surface area contributed by atoms with E-state index in [2.05, 4.69) is 0 Å². The van der Waals surface area contributed by atoms with E-state index in [0.717, 1.165) is 0 Å². The Kier molecular flexibility index (Phi) is 3.57. The first-order chi connectivity index (χ1) is 7.00. The molecule has 5 heteroatoms. The van der Waals surface area contributed by atoms with Gasteiger partial charge in [0, 0.05) is 10.6 Å². The molecule has 0 fully saturated rings. The summed E-state index contributed by atoms with van der Waals surface area (Å²) < 4.78 is 0. The molecular weight excluding hydrogens is 220 g/mol. The maximum Gasteiger partial charge on any atom is 0.372 e. The first-order valence-corrected chi connectivity index (χ1v) is 4.43. The summed E-state index contributed by atoms with van der Waals surface area (Å²) in [6, 6.07) is 6.00. The van der Waals surface area contributed by atoms with Crippen molar-refractivity contribution in [2.75, 3.05) is 0 Å². The molecule has 0 aliphatic carbocycles. The highest BCUT2D eigenvalue weighted by Crippen LogP contribution is 2.12. The van der Waals surface area contributed by atoms with Gasteiger partial charge in [-0.1, -0.05) is 23.7 Å². The summed E-state index contributed by atoms with van der Waals surface area (Å²) >= 11 is 5.63. The van der Waals surface area contributed by atoms with E-state index in [1.807, 2.05) is 0 Å². The van der Waals surface area contributed by atoms with Crippen LogP contribution in [-0.4, -0.2) is 22.6 Å². The monoisotopic (exact) mass is 226 g/mol. The van der Waals surface area contributed by atoms with E-state index in [0.29, 0.717) is 5.02 Å². The minimum Gasteiger partial charge on any atom is -0.475 e. The van der Waals surface area contributed by atoms with Crippen molar-refractivity contribution in [3.63, 3.8) is 0 Å². The third-order valence-corrected chi connectivity index (χ3v) is 1.94. The number of rotatable bonds is 4. The molecule has 0 saturated carbocycles. The number of halogens is 1. The molecule has 1 N–H and O–H groups in total. The molecule has 78 valence electrons. The zero-order valence-electron chi connectivity index (χ0n) is 7.57. The lowest BCUT2D eigenvalue weighted by Gasteiger charge is -1.98. The third kappa shape index (κ3) is 3.18. The zero-order valence-corrected chi connectivity index (χ0v) is 8.32. The molecule has 4 nitrogen and oxygen atoms in total. The fraction of sp³-hybridized carbons (Fsp3) is 0.100. The topological polar surface area (TPSA) is 71.4 Å². The Morgan fingerprint density at radius 1 is 1.27 bits per heavy atom. The normalized spacial score (nSPS) is 9.67. The van der Waals surface area contributed by atoms with E-state index in [1.54, 1.807) is 12.1 Å². The highest BCUT2D eigenvalue weighted by atomic mass is 35.5. The number of hydrogen-bond acceptors (Lipinski definition) is 3. The predicted molar refractivity (Wildman–Crippen MR) is 53.0 cm³/mol. The summed E-state index contributed by atoms with van der Waals surface area (Å²) in [6.45, 7) is 0. The SMILES string of the molecule is O=C(O)C(=O)CC(=O)c1cccc(Cl)c1. The molecule has 15 heavy (non-hydrogen) atoms. The molecule has 1 rings (SSSR count). The van der Waals surface area contributed by atoms with Crippen LogP contribution in [0.3, 0.4) is 0 Å². The van der Waals surface area contributed by atoms with Gasteiger partial charge in [-0.25, -0.2) is 4.79 Å². The van der Waals surface area contributed by atoms with Gasteiger partial charge in [0.25, 0.3) is 0 Å². The van der Waals surface area contributed by atoms with Gasteiger partial charge in [-0.05, 0) is 12.1 Å². The Labute approximate surface area is 90.5 Å². The van der Waals surface area contributed by atoms with Crippen LogP contribution in [-0.2, 0) is 9.59 Å². The van der Waals surface area contributed by atoms with Crippen molar-refractivity contribution in [3.05, 3.63) is 34.9 Å². The highest BCUT2D eigenvalue weighted by Gasteiger charge is 2.17. The first kappa shape index (κ1) is 11.4. The van der Waals surface area contributed by atoms with Crippen LogP contribution in [0.15, 0.2) is 24.3 Å². The second-order valence-corrected chi connectivity index (χ2v) is 3.28. The fourth-order valence-corrected chi connectivity index (χ4v) is 1.18. The lowest BCUT2D eigenvalue weighted by molar-refractivity contribution is -0.148. The summed E-state index contributed by atoms with van der Waals surface area (Å²) in [5, 5.41) is 8.67. The number of Topliss-reactive ketones (excluding diaryl/α,β-unsaturated/α-hetero) is 2. The third-order valence-electron chi connectivity index (χ3n) is 1.71.